The monoisotopic (exact) mass is 335 g/mol. The molecule has 0 unspecified atom stereocenters. The SMILES string of the molecule is O=C(O)c1oc2ccccc2c1CNC(=O)C1(c2ccccc2)CC1. The Kier molecular flexibility index (Phi) is 3.57. The zero-order valence-corrected chi connectivity index (χ0v) is 13.5. The van der Waals surface area contributed by atoms with Crippen LogP contribution >= 0.6 is 0 Å². The Balaban J connectivity index is 1.60. The smallest absolute Gasteiger partial charge is 0.372 e. The molecule has 2 N–H and O–H groups in total. The molecule has 1 heterocycles. The van der Waals surface area contributed by atoms with Gasteiger partial charge in [0.1, 0.15) is 5.58 Å². The second-order valence-electron chi connectivity index (χ2n) is 6.34. The van der Waals surface area contributed by atoms with Crippen LogP contribution in [0.3, 0.4) is 0 Å². The van der Waals surface area contributed by atoms with Gasteiger partial charge in [0.25, 0.3) is 0 Å². The summed E-state index contributed by atoms with van der Waals surface area (Å²) < 4.78 is 5.43. The summed E-state index contributed by atoms with van der Waals surface area (Å²) in [6.07, 6.45) is 1.61. The van der Waals surface area contributed by atoms with E-state index in [1.165, 1.54) is 0 Å². The third-order valence-corrected chi connectivity index (χ3v) is 4.83. The van der Waals surface area contributed by atoms with Crippen LogP contribution in [-0.2, 0) is 16.8 Å². The van der Waals surface area contributed by atoms with Gasteiger partial charge in [-0.05, 0) is 24.5 Å². The highest BCUT2D eigenvalue weighted by Gasteiger charge is 2.51. The van der Waals surface area contributed by atoms with Gasteiger partial charge in [-0.25, -0.2) is 4.79 Å². The summed E-state index contributed by atoms with van der Waals surface area (Å²) in [7, 11) is 0. The van der Waals surface area contributed by atoms with Crippen LogP contribution < -0.4 is 5.32 Å². The van der Waals surface area contributed by atoms with Gasteiger partial charge >= 0.3 is 5.97 Å². The summed E-state index contributed by atoms with van der Waals surface area (Å²) in [5, 5.41) is 13.0. The number of carboxylic acids is 1. The number of para-hydroxylation sites is 1. The first-order valence-corrected chi connectivity index (χ1v) is 8.19. The molecule has 3 aromatic rings. The van der Waals surface area contributed by atoms with Gasteiger partial charge in [0.05, 0.1) is 5.41 Å². The fourth-order valence-electron chi connectivity index (χ4n) is 3.31. The molecule has 5 heteroatoms. The van der Waals surface area contributed by atoms with Crippen molar-refractivity contribution in [3.05, 3.63) is 71.5 Å². The lowest BCUT2D eigenvalue weighted by molar-refractivity contribution is -0.123. The molecule has 1 aliphatic rings. The topological polar surface area (TPSA) is 79.5 Å². The Morgan fingerprint density at radius 1 is 1.04 bits per heavy atom. The van der Waals surface area contributed by atoms with E-state index in [-0.39, 0.29) is 18.2 Å². The number of carbonyl (C=O) groups is 2. The maximum absolute atomic E-state index is 12.8. The lowest BCUT2D eigenvalue weighted by atomic mass is 9.95. The molecule has 1 aromatic heterocycles. The third-order valence-electron chi connectivity index (χ3n) is 4.83. The van der Waals surface area contributed by atoms with Crippen molar-refractivity contribution in [2.45, 2.75) is 24.8 Å². The molecular formula is C20H17NO4. The molecule has 25 heavy (non-hydrogen) atoms. The van der Waals surface area contributed by atoms with E-state index in [2.05, 4.69) is 5.32 Å². The van der Waals surface area contributed by atoms with Gasteiger partial charge in [-0.1, -0.05) is 48.5 Å². The first kappa shape index (κ1) is 15.4. The maximum Gasteiger partial charge on any atom is 0.372 e. The van der Waals surface area contributed by atoms with Gasteiger partial charge in [0.2, 0.25) is 11.7 Å². The highest BCUT2D eigenvalue weighted by atomic mass is 16.4. The molecule has 2 aromatic carbocycles. The lowest BCUT2D eigenvalue weighted by Gasteiger charge is -2.15. The number of hydrogen-bond acceptors (Lipinski definition) is 3. The molecule has 0 atom stereocenters. The lowest BCUT2D eigenvalue weighted by Crippen LogP contribution is -2.34. The summed E-state index contributed by atoms with van der Waals surface area (Å²) in [5.41, 5.74) is 1.53. The van der Waals surface area contributed by atoms with Crippen molar-refractivity contribution in [1.82, 2.24) is 5.32 Å². The van der Waals surface area contributed by atoms with Crippen LogP contribution in [0.15, 0.2) is 59.0 Å². The Morgan fingerprint density at radius 2 is 1.72 bits per heavy atom. The van der Waals surface area contributed by atoms with Gasteiger partial charge in [-0.3, -0.25) is 4.79 Å². The molecule has 0 bridgehead atoms. The number of aromatic carboxylic acids is 1. The molecule has 1 amide bonds. The Bertz CT molecular complexity index is 954. The Labute approximate surface area is 144 Å². The summed E-state index contributed by atoms with van der Waals surface area (Å²) in [4.78, 5) is 24.2. The minimum absolute atomic E-state index is 0.0691. The van der Waals surface area contributed by atoms with E-state index in [1.807, 2.05) is 36.4 Å². The van der Waals surface area contributed by atoms with Crippen LogP contribution in [0.5, 0.6) is 0 Å². The van der Waals surface area contributed by atoms with E-state index in [4.69, 9.17) is 4.42 Å². The largest absolute Gasteiger partial charge is 0.475 e. The number of carboxylic acid groups (broad SMARTS) is 1. The van der Waals surface area contributed by atoms with Gasteiger partial charge in [-0.15, -0.1) is 0 Å². The number of carbonyl (C=O) groups excluding carboxylic acids is 1. The average molecular weight is 335 g/mol. The molecule has 0 saturated heterocycles. The minimum atomic E-state index is -1.13. The quantitative estimate of drug-likeness (QED) is 0.748. The Morgan fingerprint density at radius 3 is 2.40 bits per heavy atom. The summed E-state index contributed by atoms with van der Waals surface area (Å²) in [5.74, 6) is -1.32. The number of benzene rings is 2. The van der Waals surface area contributed by atoms with Crippen LogP contribution in [0.4, 0.5) is 0 Å². The highest BCUT2D eigenvalue weighted by Crippen LogP contribution is 2.48. The third kappa shape index (κ3) is 2.58. The van der Waals surface area contributed by atoms with Gasteiger partial charge in [0.15, 0.2) is 0 Å². The number of amides is 1. The number of furan rings is 1. The van der Waals surface area contributed by atoms with Crippen molar-refractivity contribution in [3.63, 3.8) is 0 Å². The first-order valence-electron chi connectivity index (χ1n) is 8.19. The molecular weight excluding hydrogens is 318 g/mol. The number of hydrogen-bond donors (Lipinski definition) is 2. The van der Waals surface area contributed by atoms with E-state index in [0.29, 0.717) is 16.5 Å². The van der Waals surface area contributed by atoms with Crippen molar-refractivity contribution < 1.29 is 19.1 Å². The molecule has 1 aliphatic carbocycles. The standard InChI is InChI=1S/C20H17NO4/c22-18(23)17-15(14-8-4-5-9-16(14)25-17)12-21-19(24)20(10-11-20)13-6-2-1-3-7-13/h1-9H,10-12H2,(H,21,24)(H,22,23). The second kappa shape index (κ2) is 5.77. The van der Waals surface area contributed by atoms with Crippen LogP contribution in [0.1, 0.15) is 34.5 Å². The van der Waals surface area contributed by atoms with E-state index < -0.39 is 11.4 Å². The molecule has 126 valence electrons. The second-order valence-corrected chi connectivity index (χ2v) is 6.34. The van der Waals surface area contributed by atoms with E-state index in [0.717, 1.165) is 18.4 Å². The van der Waals surface area contributed by atoms with E-state index in [1.54, 1.807) is 18.2 Å². The maximum atomic E-state index is 12.8. The van der Waals surface area contributed by atoms with E-state index in [9.17, 15) is 14.7 Å². The number of rotatable bonds is 5. The van der Waals surface area contributed by atoms with E-state index >= 15 is 0 Å². The normalized spacial score (nSPS) is 15.0. The molecule has 1 saturated carbocycles. The van der Waals surface area contributed by atoms with Crippen molar-refractivity contribution in [2.75, 3.05) is 0 Å². The first-order chi connectivity index (χ1) is 12.1. The minimum Gasteiger partial charge on any atom is -0.475 e. The highest BCUT2D eigenvalue weighted by molar-refractivity contribution is 5.96. The van der Waals surface area contributed by atoms with Gasteiger partial charge in [-0.2, -0.15) is 0 Å². The molecule has 5 nitrogen and oxygen atoms in total. The van der Waals surface area contributed by atoms with Crippen molar-refractivity contribution in [3.8, 4) is 0 Å². The molecule has 1 fully saturated rings. The zero-order valence-electron chi connectivity index (χ0n) is 13.5. The van der Waals surface area contributed by atoms with Crippen molar-refractivity contribution in [1.29, 1.82) is 0 Å². The fourth-order valence-corrected chi connectivity index (χ4v) is 3.31. The summed E-state index contributed by atoms with van der Waals surface area (Å²) in [6, 6.07) is 16.8. The van der Waals surface area contributed by atoms with Crippen molar-refractivity contribution >= 4 is 22.8 Å². The van der Waals surface area contributed by atoms with Crippen LogP contribution in [0, 0.1) is 0 Å². The Hall–Kier alpha value is -3.08. The number of nitrogens with one attached hydrogen (secondary N) is 1. The summed E-state index contributed by atoms with van der Waals surface area (Å²) >= 11 is 0. The van der Waals surface area contributed by atoms with Crippen LogP contribution in [-0.4, -0.2) is 17.0 Å². The fraction of sp³-hybridized carbons (Fsp3) is 0.200. The number of fused-ring (bicyclic) bond motifs is 1. The molecule has 0 radical (unpaired) electrons. The van der Waals surface area contributed by atoms with Gasteiger partial charge in [0, 0.05) is 17.5 Å². The summed E-state index contributed by atoms with van der Waals surface area (Å²) in [6.45, 7) is 0.131. The van der Waals surface area contributed by atoms with Crippen molar-refractivity contribution in [2.24, 2.45) is 0 Å². The molecule has 0 spiro atoms. The molecule has 0 aliphatic heterocycles. The predicted octanol–water partition coefficient (Wildman–Crippen LogP) is 3.48. The van der Waals surface area contributed by atoms with Crippen LogP contribution in [0.25, 0.3) is 11.0 Å². The van der Waals surface area contributed by atoms with Crippen LogP contribution in [0.2, 0.25) is 0 Å². The predicted molar refractivity (Wildman–Crippen MR) is 92.4 cm³/mol. The average Bonchev–Trinajstić information content (AvgIpc) is 3.36. The molecule has 4 rings (SSSR count). The van der Waals surface area contributed by atoms with Gasteiger partial charge < -0.3 is 14.8 Å². The zero-order chi connectivity index (χ0) is 17.4.